The van der Waals surface area contributed by atoms with Crippen molar-refractivity contribution in [3.63, 3.8) is 0 Å². The zero-order chi connectivity index (χ0) is 15.8. The van der Waals surface area contributed by atoms with Gasteiger partial charge in [0.15, 0.2) is 0 Å². The average Bonchev–Trinajstić information content (AvgIpc) is 2.30. The minimum atomic E-state index is -4.49. The summed E-state index contributed by atoms with van der Waals surface area (Å²) >= 11 is 0. The molecule has 0 aliphatic rings. The van der Waals surface area contributed by atoms with E-state index in [0.29, 0.717) is 12.8 Å². The number of hydrogen-bond donors (Lipinski definition) is 2. The number of likely N-dealkylation sites (N-methyl/N-ethyl adjacent to an activating group) is 1. The number of nitrogens with one attached hydrogen (secondary N) is 1. The predicted octanol–water partition coefficient (Wildman–Crippen LogP) is 0.768. The van der Waals surface area contributed by atoms with Gasteiger partial charge in [-0.2, -0.15) is 13.2 Å². The number of amides is 2. The molecule has 0 saturated carbocycles. The van der Waals surface area contributed by atoms with Crippen LogP contribution in [0.15, 0.2) is 0 Å². The maximum atomic E-state index is 11.8. The Bertz CT molecular complexity index is 358. The average molecular weight is 298 g/mol. The molecule has 0 aliphatic carbocycles. The first-order valence-electron chi connectivity index (χ1n) is 5.91. The minimum Gasteiger partial charge on any atom is -0.481 e. The smallest absolute Gasteiger partial charge is 0.405 e. The number of alkyl halides is 3. The summed E-state index contributed by atoms with van der Waals surface area (Å²) in [4.78, 5) is 33.9. The molecule has 2 N–H and O–H groups in total. The second-order valence-corrected chi connectivity index (χ2v) is 4.24. The number of unbranched alkanes of at least 4 members (excludes halogenated alkanes) is 1. The molecule has 0 atom stereocenters. The number of halogens is 3. The van der Waals surface area contributed by atoms with Gasteiger partial charge in [-0.1, -0.05) is 0 Å². The van der Waals surface area contributed by atoms with E-state index in [1.807, 2.05) is 0 Å². The maximum absolute atomic E-state index is 11.8. The fraction of sp³-hybridized carbons (Fsp3) is 0.727. The molecule has 0 fully saturated rings. The lowest BCUT2D eigenvalue weighted by Crippen LogP contribution is -2.41. The fourth-order valence-corrected chi connectivity index (χ4v) is 1.30. The van der Waals surface area contributed by atoms with Gasteiger partial charge in [-0.05, 0) is 12.8 Å². The molecule has 0 aromatic heterocycles. The SMILES string of the molecule is CN(CC(=O)NCC(F)(F)F)C(=O)CCCCC(=O)O. The second kappa shape index (κ2) is 8.39. The van der Waals surface area contributed by atoms with E-state index in [2.05, 4.69) is 0 Å². The maximum Gasteiger partial charge on any atom is 0.405 e. The van der Waals surface area contributed by atoms with Crippen molar-refractivity contribution < 1.29 is 32.7 Å². The molecule has 0 unspecified atom stereocenters. The van der Waals surface area contributed by atoms with Crippen LogP contribution in [-0.4, -0.2) is 54.1 Å². The van der Waals surface area contributed by atoms with Gasteiger partial charge in [-0.15, -0.1) is 0 Å². The van der Waals surface area contributed by atoms with Crippen LogP contribution < -0.4 is 5.32 Å². The molecule has 0 rings (SSSR count). The molecule has 0 bridgehead atoms. The Kier molecular flexibility index (Phi) is 7.63. The number of carboxylic acid groups (broad SMARTS) is 1. The van der Waals surface area contributed by atoms with E-state index in [9.17, 15) is 27.6 Å². The van der Waals surface area contributed by atoms with Crippen molar-refractivity contribution in [3.05, 3.63) is 0 Å². The standard InChI is InChI=1S/C11H17F3N2O4/c1-16(6-8(17)15-7-11(12,13)14)9(18)4-2-3-5-10(19)20/h2-7H2,1H3,(H,15,17)(H,19,20). The Morgan fingerprint density at radius 1 is 1.15 bits per heavy atom. The molecule has 0 aliphatic heterocycles. The number of nitrogens with zero attached hydrogens (tertiary/aromatic N) is 1. The van der Waals surface area contributed by atoms with Crippen LogP contribution in [0.4, 0.5) is 13.2 Å². The third-order valence-corrected chi connectivity index (χ3v) is 2.32. The second-order valence-electron chi connectivity index (χ2n) is 4.24. The van der Waals surface area contributed by atoms with Gasteiger partial charge in [-0.3, -0.25) is 14.4 Å². The summed E-state index contributed by atoms with van der Waals surface area (Å²) in [6.45, 7) is -1.90. The molecule has 0 heterocycles. The van der Waals surface area contributed by atoms with Gasteiger partial charge in [0.1, 0.15) is 6.54 Å². The van der Waals surface area contributed by atoms with Crippen molar-refractivity contribution in [1.29, 1.82) is 0 Å². The largest absolute Gasteiger partial charge is 0.481 e. The van der Waals surface area contributed by atoms with Crippen LogP contribution in [0, 0.1) is 0 Å². The van der Waals surface area contributed by atoms with E-state index < -0.39 is 37.0 Å². The number of carbonyl (C=O) groups excluding carboxylic acids is 2. The molecule has 0 saturated heterocycles. The Morgan fingerprint density at radius 2 is 1.70 bits per heavy atom. The fourth-order valence-electron chi connectivity index (χ4n) is 1.30. The van der Waals surface area contributed by atoms with Crippen LogP contribution >= 0.6 is 0 Å². The normalized spacial score (nSPS) is 11.0. The highest BCUT2D eigenvalue weighted by Crippen LogP contribution is 2.12. The van der Waals surface area contributed by atoms with Gasteiger partial charge in [0.2, 0.25) is 11.8 Å². The number of aliphatic carboxylic acids is 1. The molecular weight excluding hydrogens is 281 g/mol. The van der Waals surface area contributed by atoms with Crippen LogP contribution in [0.25, 0.3) is 0 Å². The predicted molar refractivity (Wildman–Crippen MR) is 62.8 cm³/mol. The van der Waals surface area contributed by atoms with Gasteiger partial charge >= 0.3 is 12.1 Å². The summed E-state index contributed by atoms with van der Waals surface area (Å²) < 4.78 is 35.5. The highest BCUT2D eigenvalue weighted by atomic mass is 19.4. The van der Waals surface area contributed by atoms with Gasteiger partial charge in [0, 0.05) is 19.9 Å². The molecule has 0 radical (unpaired) electrons. The Labute approximate surface area is 113 Å². The zero-order valence-electron chi connectivity index (χ0n) is 11.0. The molecule has 0 aromatic carbocycles. The Hall–Kier alpha value is -1.80. The van der Waals surface area contributed by atoms with Crippen LogP contribution in [0.2, 0.25) is 0 Å². The van der Waals surface area contributed by atoms with Crippen molar-refractivity contribution in [1.82, 2.24) is 10.2 Å². The van der Waals surface area contributed by atoms with Crippen molar-refractivity contribution in [2.45, 2.75) is 31.9 Å². The van der Waals surface area contributed by atoms with Crippen LogP contribution in [0.3, 0.4) is 0 Å². The highest BCUT2D eigenvalue weighted by Gasteiger charge is 2.28. The summed E-state index contributed by atoms with van der Waals surface area (Å²) in [6.07, 6.45) is -3.82. The first-order valence-corrected chi connectivity index (χ1v) is 5.91. The number of carboxylic acids is 1. The summed E-state index contributed by atoms with van der Waals surface area (Å²) in [6, 6.07) is 0. The summed E-state index contributed by atoms with van der Waals surface area (Å²) in [5.41, 5.74) is 0. The van der Waals surface area contributed by atoms with E-state index in [1.54, 1.807) is 5.32 Å². The number of hydrogen-bond acceptors (Lipinski definition) is 3. The molecule has 20 heavy (non-hydrogen) atoms. The third kappa shape index (κ3) is 10.2. The van der Waals surface area contributed by atoms with E-state index >= 15 is 0 Å². The Balaban J connectivity index is 3.89. The molecule has 0 aromatic rings. The lowest BCUT2D eigenvalue weighted by atomic mass is 10.2. The quantitative estimate of drug-likeness (QED) is 0.648. The third-order valence-electron chi connectivity index (χ3n) is 2.32. The molecular formula is C11H17F3N2O4. The van der Waals surface area contributed by atoms with E-state index in [1.165, 1.54) is 7.05 Å². The summed E-state index contributed by atoms with van der Waals surface area (Å²) in [7, 11) is 1.30. The molecule has 2 amide bonds. The first kappa shape index (κ1) is 18.2. The number of carbonyl (C=O) groups is 3. The van der Waals surface area contributed by atoms with Crippen LogP contribution in [-0.2, 0) is 14.4 Å². The van der Waals surface area contributed by atoms with Crippen LogP contribution in [0.5, 0.6) is 0 Å². The van der Waals surface area contributed by atoms with Crippen molar-refractivity contribution >= 4 is 17.8 Å². The Morgan fingerprint density at radius 3 is 2.20 bits per heavy atom. The monoisotopic (exact) mass is 298 g/mol. The summed E-state index contributed by atoms with van der Waals surface area (Å²) in [5, 5.41) is 10.0. The molecule has 9 heteroatoms. The van der Waals surface area contributed by atoms with Crippen molar-refractivity contribution in [2.75, 3.05) is 20.1 Å². The first-order chi connectivity index (χ1) is 9.11. The van der Waals surface area contributed by atoms with Crippen LogP contribution in [0.1, 0.15) is 25.7 Å². The van der Waals surface area contributed by atoms with Gasteiger partial charge in [-0.25, -0.2) is 0 Å². The van der Waals surface area contributed by atoms with Crippen molar-refractivity contribution in [2.24, 2.45) is 0 Å². The summed E-state index contributed by atoms with van der Waals surface area (Å²) in [5.74, 6) is -2.28. The van der Waals surface area contributed by atoms with E-state index in [-0.39, 0.29) is 12.8 Å². The highest BCUT2D eigenvalue weighted by molar-refractivity contribution is 5.84. The van der Waals surface area contributed by atoms with Gasteiger partial charge in [0.05, 0.1) is 6.54 Å². The topological polar surface area (TPSA) is 86.7 Å². The number of rotatable bonds is 8. The molecule has 0 spiro atoms. The minimum absolute atomic E-state index is 0.0519. The lowest BCUT2D eigenvalue weighted by molar-refractivity contribution is -0.141. The molecule has 116 valence electrons. The lowest BCUT2D eigenvalue weighted by Gasteiger charge is -2.17. The van der Waals surface area contributed by atoms with E-state index in [0.717, 1.165) is 4.90 Å². The zero-order valence-corrected chi connectivity index (χ0v) is 11.0. The van der Waals surface area contributed by atoms with Gasteiger partial charge < -0.3 is 15.3 Å². The van der Waals surface area contributed by atoms with Crippen molar-refractivity contribution in [3.8, 4) is 0 Å². The van der Waals surface area contributed by atoms with E-state index in [4.69, 9.17) is 5.11 Å². The van der Waals surface area contributed by atoms with Gasteiger partial charge in [0.25, 0.3) is 0 Å². The molecule has 6 nitrogen and oxygen atoms in total.